The van der Waals surface area contributed by atoms with E-state index in [0.29, 0.717) is 0 Å². The van der Waals surface area contributed by atoms with E-state index >= 15 is 0 Å². The molecule has 0 saturated heterocycles. The Balaban J connectivity index is 3.14. The predicted molar refractivity (Wildman–Crippen MR) is 64.7 cm³/mol. The van der Waals surface area contributed by atoms with Gasteiger partial charge in [0.1, 0.15) is 5.69 Å². The van der Waals surface area contributed by atoms with Crippen molar-refractivity contribution >= 4 is 9.73 Å². The van der Waals surface area contributed by atoms with E-state index in [9.17, 15) is 21.8 Å². The molecule has 1 rings (SSSR count). The van der Waals surface area contributed by atoms with Crippen LogP contribution in [0.4, 0.5) is 17.6 Å². The van der Waals surface area contributed by atoms with E-state index in [4.69, 9.17) is 5.26 Å². The molecule has 2 unspecified atom stereocenters. The minimum absolute atomic E-state index is 0.269. The average molecular weight is 309 g/mol. The van der Waals surface area contributed by atoms with E-state index in [1.807, 2.05) is 0 Å². The summed E-state index contributed by atoms with van der Waals surface area (Å²) in [7, 11) is -2.89. The van der Waals surface area contributed by atoms with Gasteiger partial charge >= 0.3 is 12.3 Å². The maximum absolute atomic E-state index is 13.0. The summed E-state index contributed by atoms with van der Waals surface area (Å²) in [5.41, 5.74) is -0.798. The van der Waals surface area contributed by atoms with Gasteiger partial charge in [-0.15, -0.1) is 4.36 Å². The van der Waals surface area contributed by atoms with Crippen LogP contribution in [0.1, 0.15) is 23.4 Å². The summed E-state index contributed by atoms with van der Waals surface area (Å²) in [6.45, 7) is 1.48. The van der Waals surface area contributed by atoms with Gasteiger partial charge < -0.3 is 0 Å². The van der Waals surface area contributed by atoms with Crippen molar-refractivity contribution in [1.29, 1.82) is 5.26 Å². The van der Waals surface area contributed by atoms with Crippen molar-refractivity contribution < 1.29 is 21.8 Å². The average Bonchev–Trinajstić information content (AvgIpc) is 2.37. The zero-order valence-corrected chi connectivity index (χ0v) is 11.4. The van der Waals surface area contributed by atoms with Crippen LogP contribution >= 0.6 is 0 Å². The molecular formula is C11H11F4N3OS. The molecule has 0 bridgehead atoms. The number of aromatic nitrogens is 1. The fraction of sp³-hybridized carbons (Fsp3) is 0.455. The van der Waals surface area contributed by atoms with Crippen LogP contribution < -0.4 is 0 Å². The van der Waals surface area contributed by atoms with Gasteiger partial charge in [0.25, 0.3) is 0 Å². The molecule has 20 heavy (non-hydrogen) atoms. The van der Waals surface area contributed by atoms with Crippen molar-refractivity contribution in [2.45, 2.75) is 24.5 Å². The van der Waals surface area contributed by atoms with Gasteiger partial charge in [-0.3, -0.25) is 4.98 Å². The maximum Gasteiger partial charge on any atom is 0.348 e. The lowest BCUT2D eigenvalue weighted by molar-refractivity contribution is -0.138. The minimum atomic E-state index is -4.34. The van der Waals surface area contributed by atoms with Crippen molar-refractivity contribution in [2.24, 2.45) is 4.36 Å². The topological polar surface area (TPSA) is 66.1 Å². The largest absolute Gasteiger partial charge is 0.348 e. The molecule has 1 aromatic rings. The summed E-state index contributed by atoms with van der Waals surface area (Å²) in [5, 5.41) is 7.67. The molecule has 0 aliphatic rings. The number of halogens is 4. The molecule has 4 nitrogen and oxygen atoms in total. The fourth-order valence-electron chi connectivity index (χ4n) is 1.37. The Morgan fingerprint density at radius 3 is 2.45 bits per heavy atom. The van der Waals surface area contributed by atoms with Crippen molar-refractivity contribution in [2.75, 3.05) is 6.26 Å². The number of alkyl halides is 4. The number of hydrogen-bond acceptors (Lipinski definition) is 4. The first kappa shape index (κ1) is 16.4. The lowest BCUT2D eigenvalue weighted by Gasteiger charge is -2.16. The van der Waals surface area contributed by atoms with Crippen LogP contribution in [0.5, 0.6) is 0 Å². The molecule has 0 N–H and O–H groups in total. The van der Waals surface area contributed by atoms with Gasteiger partial charge in [-0.1, -0.05) is 6.07 Å². The van der Waals surface area contributed by atoms with Gasteiger partial charge in [0, 0.05) is 12.5 Å². The molecule has 0 aliphatic heterocycles. The smallest absolute Gasteiger partial charge is 0.254 e. The molecule has 9 heteroatoms. The highest BCUT2D eigenvalue weighted by Crippen LogP contribution is 2.33. The lowest BCUT2D eigenvalue weighted by Crippen LogP contribution is -2.25. The molecule has 0 spiro atoms. The summed E-state index contributed by atoms with van der Waals surface area (Å²) in [5.74, 6) is -4.34. The molecule has 110 valence electrons. The minimum Gasteiger partial charge on any atom is -0.254 e. The molecule has 2 atom stereocenters. The zero-order chi connectivity index (χ0) is 15.6. The molecule has 0 aromatic carbocycles. The molecule has 0 amide bonds. The third-order valence-corrected chi connectivity index (χ3v) is 4.78. The molecule has 0 fully saturated rings. The third kappa shape index (κ3) is 3.25. The highest BCUT2D eigenvalue weighted by molar-refractivity contribution is 7.93. The first-order valence-electron chi connectivity index (χ1n) is 5.34. The van der Waals surface area contributed by atoms with Gasteiger partial charge in [-0.05, 0) is 18.6 Å². The van der Waals surface area contributed by atoms with Gasteiger partial charge in [0.2, 0.25) is 6.19 Å². The Morgan fingerprint density at radius 2 is 2.05 bits per heavy atom. The summed E-state index contributed by atoms with van der Waals surface area (Å²) in [6.07, 6.45) is -0.264. The second-order valence-electron chi connectivity index (χ2n) is 4.10. The van der Waals surface area contributed by atoms with Gasteiger partial charge in [-0.25, -0.2) is 13.0 Å². The molecule has 0 radical (unpaired) electrons. The Bertz CT molecular complexity index is 630. The number of rotatable bonds is 4. The van der Waals surface area contributed by atoms with Gasteiger partial charge in [-0.2, -0.15) is 14.0 Å². The van der Waals surface area contributed by atoms with E-state index in [1.165, 1.54) is 19.4 Å². The van der Waals surface area contributed by atoms with Crippen LogP contribution in [-0.4, -0.2) is 21.9 Å². The number of nitrogens with zero attached hydrogens (tertiary/aromatic N) is 3. The zero-order valence-electron chi connectivity index (χ0n) is 10.6. The number of pyridine rings is 1. The van der Waals surface area contributed by atoms with Crippen molar-refractivity contribution in [3.05, 3.63) is 29.6 Å². The van der Waals surface area contributed by atoms with Crippen LogP contribution in [0.3, 0.4) is 0 Å². The van der Waals surface area contributed by atoms with Crippen LogP contribution in [0, 0.1) is 11.5 Å². The number of hydrogen-bond donors (Lipinski definition) is 0. The van der Waals surface area contributed by atoms with Crippen molar-refractivity contribution in [3.8, 4) is 6.19 Å². The van der Waals surface area contributed by atoms with E-state index in [1.54, 1.807) is 0 Å². The summed E-state index contributed by atoms with van der Waals surface area (Å²) < 4.78 is 65.7. The quantitative estimate of drug-likeness (QED) is 0.634. The molecule has 1 heterocycles. The first-order valence-corrected chi connectivity index (χ1v) is 7.33. The van der Waals surface area contributed by atoms with Crippen molar-refractivity contribution in [1.82, 2.24) is 4.98 Å². The Hall–Kier alpha value is -1.69. The van der Waals surface area contributed by atoms with Gasteiger partial charge in [0.15, 0.2) is 0 Å². The maximum atomic E-state index is 13.0. The highest BCUT2D eigenvalue weighted by atomic mass is 32.2. The normalized spacial score (nSPS) is 16.3. The van der Waals surface area contributed by atoms with E-state index in [-0.39, 0.29) is 5.56 Å². The Labute approximate surface area is 113 Å². The van der Waals surface area contributed by atoms with E-state index in [0.717, 1.165) is 18.3 Å². The standard InChI is InChI=1S/C11H11F4N3OS/c1-7(20(2,19)18-6-16)8-3-4-9(17-5-8)11(14,15)10(12)13/h3-5,7,10H,1-2H3. The van der Waals surface area contributed by atoms with Crippen LogP contribution in [0.25, 0.3) is 0 Å². The second-order valence-corrected chi connectivity index (χ2v) is 6.71. The highest BCUT2D eigenvalue weighted by Gasteiger charge is 2.44. The number of nitriles is 1. The van der Waals surface area contributed by atoms with E-state index in [2.05, 4.69) is 9.35 Å². The molecule has 1 aromatic heterocycles. The lowest BCUT2D eigenvalue weighted by atomic mass is 10.1. The van der Waals surface area contributed by atoms with Crippen LogP contribution in [0.15, 0.2) is 22.7 Å². The summed E-state index contributed by atoms with van der Waals surface area (Å²) in [6, 6.07) is 1.87. The first-order chi connectivity index (χ1) is 9.13. The summed E-state index contributed by atoms with van der Waals surface area (Å²) >= 11 is 0. The second kappa shape index (κ2) is 5.75. The SMILES string of the molecule is CC(c1ccc(C(F)(F)C(F)F)nc1)S(C)(=O)=NC#N. The monoisotopic (exact) mass is 309 g/mol. The Morgan fingerprint density at radius 1 is 1.45 bits per heavy atom. The summed E-state index contributed by atoms with van der Waals surface area (Å²) in [4.78, 5) is 3.29. The van der Waals surface area contributed by atoms with Crippen molar-refractivity contribution in [3.63, 3.8) is 0 Å². The molecule has 0 aliphatic carbocycles. The Kier molecular flexibility index (Phi) is 4.70. The third-order valence-electron chi connectivity index (χ3n) is 2.75. The predicted octanol–water partition coefficient (Wildman–Crippen LogP) is 3.08. The molecular weight excluding hydrogens is 298 g/mol. The van der Waals surface area contributed by atoms with Crippen LogP contribution in [-0.2, 0) is 15.7 Å². The molecule has 0 saturated carbocycles. The van der Waals surface area contributed by atoms with Gasteiger partial charge in [0.05, 0.1) is 15.0 Å². The van der Waals surface area contributed by atoms with Crippen LogP contribution in [0.2, 0.25) is 0 Å². The fourth-order valence-corrected chi connectivity index (χ4v) is 2.33. The van der Waals surface area contributed by atoms with E-state index < -0.39 is 33.0 Å².